The van der Waals surface area contributed by atoms with Crippen molar-refractivity contribution in [3.8, 4) is 0 Å². The average molecular weight is 276 g/mol. The highest BCUT2D eigenvalue weighted by Crippen LogP contribution is 2.32. The van der Waals surface area contributed by atoms with Crippen molar-refractivity contribution in [2.75, 3.05) is 0 Å². The number of rotatable bonds is 7. The van der Waals surface area contributed by atoms with E-state index in [1.165, 1.54) is 19.3 Å². The minimum Gasteiger partial charge on any atom is -0.388 e. The van der Waals surface area contributed by atoms with E-state index in [1.54, 1.807) is 6.92 Å². The molecule has 1 unspecified atom stereocenters. The van der Waals surface area contributed by atoms with Gasteiger partial charge < -0.3 is 25.2 Å². The topological polar surface area (TPSA) is 90.2 Å². The van der Waals surface area contributed by atoms with Gasteiger partial charge in [-0.25, -0.2) is 0 Å². The second-order valence-corrected chi connectivity index (χ2v) is 5.61. The number of hydrogen-bond donors (Lipinski definition) is 4. The van der Waals surface area contributed by atoms with E-state index in [4.69, 9.17) is 4.74 Å². The molecule has 5 atom stereocenters. The molecule has 0 bridgehead atoms. The highest BCUT2D eigenvalue weighted by atomic mass is 16.7. The molecule has 0 amide bonds. The third-order valence-electron chi connectivity index (χ3n) is 3.90. The standard InChI is InChI=1S/C14H28O5/c1-3-4-5-6-7-8-9-14(18)13(17)12(16)11(15)10(2)19-14/h10-13,15-18H,3-9H2,1-2H3/t10-,11-,12+,13+,14?/m1/s1. The number of ether oxygens (including phenoxy) is 1. The molecule has 5 heteroatoms. The minimum atomic E-state index is -1.75. The van der Waals surface area contributed by atoms with Crippen LogP contribution >= 0.6 is 0 Å². The third kappa shape index (κ3) is 4.39. The number of unbranched alkanes of at least 4 members (excludes halogenated alkanes) is 5. The molecular weight excluding hydrogens is 248 g/mol. The fourth-order valence-electron chi connectivity index (χ4n) is 2.56. The van der Waals surface area contributed by atoms with Gasteiger partial charge in [0.2, 0.25) is 0 Å². The normalized spacial score (nSPS) is 39.5. The molecule has 0 aliphatic carbocycles. The van der Waals surface area contributed by atoms with Gasteiger partial charge in [0.25, 0.3) is 0 Å². The van der Waals surface area contributed by atoms with Gasteiger partial charge in [-0.3, -0.25) is 0 Å². The summed E-state index contributed by atoms with van der Waals surface area (Å²) in [5, 5.41) is 39.4. The van der Waals surface area contributed by atoms with Crippen LogP contribution in [0.15, 0.2) is 0 Å². The Kier molecular flexibility index (Phi) is 6.69. The maximum absolute atomic E-state index is 10.3. The van der Waals surface area contributed by atoms with Gasteiger partial charge in [-0.1, -0.05) is 39.0 Å². The lowest BCUT2D eigenvalue weighted by molar-refractivity contribution is -0.345. The van der Waals surface area contributed by atoms with Crippen LogP contribution in [0.1, 0.15) is 58.8 Å². The molecule has 1 aliphatic heterocycles. The lowest BCUT2D eigenvalue weighted by Gasteiger charge is -2.45. The van der Waals surface area contributed by atoms with E-state index in [-0.39, 0.29) is 6.42 Å². The minimum absolute atomic E-state index is 0.272. The Hall–Kier alpha value is -0.200. The van der Waals surface area contributed by atoms with Crippen LogP contribution in [0.2, 0.25) is 0 Å². The molecule has 114 valence electrons. The van der Waals surface area contributed by atoms with Gasteiger partial charge in [-0.15, -0.1) is 0 Å². The molecule has 0 aromatic rings. The fourth-order valence-corrected chi connectivity index (χ4v) is 2.56. The molecule has 1 heterocycles. The molecule has 19 heavy (non-hydrogen) atoms. The van der Waals surface area contributed by atoms with Crippen molar-refractivity contribution < 1.29 is 25.2 Å². The van der Waals surface area contributed by atoms with E-state index in [0.29, 0.717) is 0 Å². The molecule has 1 rings (SSSR count). The Morgan fingerprint density at radius 1 is 0.947 bits per heavy atom. The molecule has 1 saturated heterocycles. The molecule has 1 fully saturated rings. The summed E-state index contributed by atoms with van der Waals surface area (Å²) in [5.74, 6) is -1.75. The smallest absolute Gasteiger partial charge is 0.195 e. The van der Waals surface area contributed by atoms with Gasteiger partial charge in [0, 0.05) is 6.42 Å². The first kappa shape index (κ1) is 16.9. The van der Waals surface area contributed by atoms with Crippen molar-refractivity contribution in [1.29, 1.82) is 0 Å². The highest BCUT2D eigenvalue weighted by molar-refractivity contribution is 4.94. The van der Waals surface area contributed by atoms with Crippen molar-refractivity contribution >= 4 is 0 Å². The molecule has 4 N–H and O–H groups in total. The second kappa shape index (κ2) is 7.55. The Balaban J connectivity index is 2.37. The van der Waals surface area contributed by atoms with Crippen molar-refractivity contribution in [2.45, 2.75) is 89.0 Å². The van der Waals surface area contributed by atoms with Crippen LogP contribution in [0, 0.1) is 0 Å². The van der Waals surface area contributed by atoms with E-state index < -0.39 is 30.2 Å². The first-order chi connectivity index (χ1) is 8.92. The maximum Gasteiger partial charge on any atom is 0.195 e. The zero-order chi connectivity index (χ0) is 14.5. The quantitative estimate of drug-likeness (QED) is 0.519. The van der Waals surface area contributed by atoms with Crippen molar-refractivity contribution in [3.05, 3.63) is 0 Å². The summed E-state index contributed by atoms with van der Waals surface area (Å²) in [6.07, 6.45) is 1.95. The third-order valence-corrected chi connectivity index (χ3v) is 3.90. The predicted octanol–water partition coefficient (Wildman–Crippen LogP) is 0.927. The lowest BCUT2D eigenvalue weighted by Crippen LogP contribution is -2.63. The summed E-state index contributed by atoms with van der Waals surface area (Å²) in [7, 11) is 0. The summed E-state index contributed by atoms with van der Waals surface area (Å²) in [6, 6.07) is 0. The molecule has 0 spiro atoms. The van der Waals surface area contributed by atoms with Gasteiger partial charge in [-0.2, -0.15) is 0 Å². The van der Waals surface area contributed by atoms with E-state index in [9.17, 15) is 20.4 Å². The summed E-state index contributed by atoms with van der Waals surface area (Å²) in [4.78, 5) is 0. The first-order valence-electron chi connectivity index (χ1n) is 7.36. The molecule has 0 saturated carbocycles. The summed E-state index contributed by atoms with van der Waals surface area (Å²) in [6.45, 7) is 3.73. The Bertz CT molecular complexity index is 260. The Morgan fingerprint density at radius 3 is 2.16 bits per heavy atom. The molecule has 1 aliphatic rings. The van der Waals surface area contributed by atoms with E-state index >= 15 is 0 Å². The van der Waals surface area contributed by atoms with E-state index in [1.807, 2.05) is 0 Å². The van der Waals surface area contributed by atoms with Crippen molar-refractivity contribution in [3.63, 3.8) is 0 Å². The summed E-state index contributed by atoms with van der Waals surface area (Å²) >= 11 is 0. The lowest BCUT2D eigenvalue weighted by atomic mass is 9.89. The van der Waals surface area contributed by atoms with Gasteiger partial charge in [0.1, 0.15) is 18.3 Å². The van der Waals surface area contributed by atoms with Crippen molar-refractivity contribution in [1.82, 2.24) is 0 Å². The number of hydrogen-bond acceptors (Lipinski definition) is 5. The molecule has 0 radical (unpaired) electrons. The molecule has 5 nitrogen and oxygen atoms in total. The van der Waals surface area contributed by atoms with Gasteiger partial charge >= 0.3 is 0 Å². The van der Waals surface area contributed by atoms with Gasteiger partial charge in [0.05, 0.1) is 6.10 Å². The van der Waals surface area contributed by atoms with Crippen LogP contribution in [0.25, 0.3) is 0 Å². The maximum atomic E-state index is 10.3. The predicted molar refractivity (Wildman–Crippen MR) is 71.5 cm³/mol. The zero-order valence-electron chi connectivity index (χ0n) is 12.0. The first-order valence-corrected chi connectivity index (χ1v) is 7.36. The van der Waals surface area contributed by atoms with Crippen LogP contribution in [0.3, 0.4) is 0 Å². The number of aliphatic hydroxyl groups excluding tert-OH is 3. The van der Waals surface area contributed by atoms with Crippen LogP contribution in [-0.4, -0.2) is 50.6 Å². The van der Waals surface area contributed by atoms with Crippen LogP contribution < -0.4 is 0 Å². The number of aliphatic hydroxyl groups is 4. The monoisotopic (exact) mass is 276 g/mol. The molecule has 0 aromatic carbocycles. The Labute approximate surface area is 115 Å². The van der Waals surface area contributed by atoms with E-state index in [0.717, 1.165) is 19.3 Å². The fraction of sp³-hybridized carbons (Fsp3) is 1.00. The van der Waals surface area contributed by atoms with Gasteiger partial charge in [0.15, 0.2) is 5.79 Å². The average Bonchev–Trinajstić information content (AvgIpc) is 2.38. The Morgan fingerprint density at radius 2 is 1.53 bits per heavy atom. The van der Waals surface area contributed by atoms with Crippen LogP contribution in [-0.2, 0) is 4.74 Å². The summed E-state index contributed by atoms with van der Waals surface area (Å²) in [5.41, 5.74) is 0. The van der Waals surface area contributed by atoms with Gasteiger partial charge in [-0.05, 0) is 13.3 Å². The molecule has 0 aromatic heterocycles. The zero-order valence-corrected chi connectivity index (χ0v) is 12.0. The van der Waals surface area contributed by atoms with Crippen LogP contribution in [0.4, 0.5) is 0 Å². The SMILES string of the molecule is CCCCCCCCC1(O)O[C@H](C)[C@@H](O)[C@H](O)[C@@H]1O. The largest absolute Gasteiger partial charge is 0.388 e. The summed E-state index contributed by atoms with van der Waals surface area (Å²) < 4.78 is 5.29. The van der Waals surface area contributed by atoms with Crippen LogP contribution in [0.5, 0.6) is 0 Å². The second-order valence-electron chi connectivity index (χ2n) is 5.61. The highest BCUT2D eigenvalue weighted by Gasteiger charge is 2.50. The molecular formula is C14H28O5. The van der Waals surface area contributed by atoms with Crippen molar-refractivity contribution in [2.24, 2.45) is 0 Å². The van der Waals surface area contributed by atoms with E-state index in [2.05, 4.69) is 6.92 Å².